The standard InChI is InChI=1S/C23H25N3O4S/c1-14-5-8-18(9-6-14)26-17(4)23(16(3)25-26)24-21(28)13-30-22(29)12-10-19(27)20-11-7-15(2)31-20/h5-9,11H,10,12-13H2,1-4H3,(H,24,28). The average molecular weight is 440 g/mol. The molecular formula is C23H25N3O4S. The summed E-state index contributed by atoms with van der Waals surface area (Å²) in [4.78, 5) is 37.9. The van der Waals surface area contributed by atoms with Gasteiger partial charge in [-0.15, -0.1) is 11.3 Å². The molecule has 0 bridgehead atoms. The minimum atomic E-state index is -0.583. The van der Waals surface area contributed by atoms with Crippen LogP contribution in [0.5, 0.6) is 0 Å². The van der Waals surface area contributed by atoms with E-state index in [2.05, 4.69) is 10.4 Å². The summed E-state index contributed by atoms with van der Waals surface area (Å²) in [6.45, 7) is 7.18. The van der Waals surface area contributed by atoms with E-state index in [1.807, 2.05) is 51.1 Å². The van der Waals surface area contributed by atoms with E-state index in [0.717, 1.165) is 21.8 Å². The molecule has 0 aliphatic heterocycles. The van der Waals surface area contributed by atoms with Gasteiger partial charge >= 0.3 is 5.97 Å². The summed E-state index contributed by atoms with van der Waals surface area (Å²) >= 11 is 1.40. The fourth-order valence-electron chi connectivity index (χ4n) is 3.08. The second-order valence-corrected chi connectivity index (χ2v) is 8.62. The van der Waals surface area contributed by atoms with Crippen molar-refractivity contribution >= 4 is 34.7 Å². The summed E-state index contributed by atoms with van der Waals surface area (Å²) in [5.41, 5.74) is 4.06. The third-order valence-electron chi connectivity index (χ3n) is 4.77. The lowest BCUT2D eigenvalue weighted by atomic mass is 10.2. The molecule has 3 aromatic rings. The zero-order valence-corrected chi connectivity index (χ0v) is 18.8. The average Bonchev–Trinajstić information content (AvgIpc) is 3.29. The first-order chi connectivity index (χ1) is 14.7. The van der Waals surface area contributed by atoms with Gasteiger partial charge in [0.25, 0.3) is 5.91 Å². The Labute approximate surface area is 185 Å². The first-order valence-electron chi connectivity index (χ1n) is 9.93. The van der Waals surface area contributed by atoms with E-state index in [-0.39, 0.29) is 18.6 Å². The second kappa shape index (κ2) is 9.70. The Balaban J connectivity index is 1.52. The van der Waals surface area contributed by atoms with Crippen LogP contribution >= 0.6 is 11.3 Å². The molecule has 0 aliphatic rings. The Bertz CT molecular complexity index is 1110. The highest BCUT2D eigenvalue weighted by Crippen LogP contribution is 2.23. The minimum absolute atomic E-state index is 0.0575. The van der Waals surface area contributed by atoms with E-state index in [1.54, 1.807) is 17.7 Å². The molecule has 2 aromatic heterocycles. The second-order valence-electron chi connectivity index (χ2n) is 7.34. The summed E-state index contributed by atoms with van der Waals surface area (Å²) in [6, 6.07) is 11.5. The number of amides is 1. The van der Waals surface area contributed by atoms with Crippen LogP contribution in [0.3, 0.4) is 0 Å². The fourth-order valence-corrected chi connectivity index (χ4v) is 3.91. The number of Topliss-reactive ketones (excluding diaryl/α,β-unsaturated/α-hetero) is 1. The van der Waals surface area contributed by atoms with Gasteiger partial charge in [0.05, 0.1) is 34.1 Å². The van der Waals surface area contributed by atoms with Crippen molar-refractivity contribution < 1.29 is 19.1 Å². The zero-order chi connectivity index (χ0) is 22.5. The summed E-state index contributed by atoms with van der Waals surface area (Å²) in [5, 5.41) is 7.26. The molecule has 1 aromatic carbocycles. The molecule has 0 unspecified atom stereocenters. The number of nitrogens with one attached hydrogen (secondary N) is 1. The van der Waals surface area contributed by atoms with Gasteiger partial charge in [0.2, 0.25) is 0 Å². The number of hydrogen-bond acceptors (Lipinski definition) is 6. The number of esters is 1. The first-order valence-corrected chi connectivity index (χ1v) is 10.7. The molecular weight excluding hydrogens is 414 g/mol. The van der Waals surface area contributed by atoms with Gasteiger partial charge in [0, 0.05) is 11.3 Å². The van der Waals surface area contributed by atoms with Crippen molar-refractivity contribution in [3.63, 3.8) is 0 Å². The molecule has 0 fully saturated rings. The van der Waals surface area contributed by atoms with Crippen LogP contribution in [0.2, 0.25) is 0 Å². The number of carbonyl (C=O) groups excluding carboxylic acids is 3. The summed E-state index contributed by atoms with van der Waals surface area (Å²) < 4.78 is 6.78. The molecule has 2 heterocycles. The number of benzene rings is 1. The Morgan fingerprint density at radius 1 is 1.00 bits per heavy atom. The van der Waals surface area contributed by atoms with Crippen LogP contribution in [0.25, 0.3) is 5.69 Å². The van der Waals surface area contributed by atoms with Gasteiger partial charge in [-0.1, -0.05) is 17.7 Å². The molecule has 0 spiro atoms. The minimum Gasteiger partial charge on any atom is -0.456 e. The number of aromatic nitrogens is 2. The number of rotatable bonds is 8. The zero-order valence-electron chi connectivity index (χ0n) is 18.0. The van der Waals surface area contributed by atoms with Crippen LogP contribution in [0.4, 0.5) is 5.69 Å². The SMILES string of the molecule is Cc1ccc(-n2nc(C)c(NC(=O)COC(=O)CCC(=O)c3ccc(C)s3)c2C)cc1. The number of ketones is 1. The quantitative estimate of drug-likeness (QED) is 0.417. The van der Waals surface area contributed by atoms with Crippen LogP contribution in [0.1, 0.15) is 44.3 Å². The number of ether oxygens (including phenoxy) is 1. The van der Waals surface area contributed by atoms with Crippen LogP contribution in [0.15, 0.2) is 36.4 Å². The fraction of sp³-hybridized carbons (Fsp3) is 0.304. The molecule has 1 amide bonds. The Morgan fingerprint density at radius 2 is 1.71 bits per heavy atom. The highest BCUT2D eigenvalue weighted by molar-refractivity contribution is 7.14. The van der Waals surface area contributed by atoms with Crippen LogP contribution in [-0.2, 0) is 14.3 Å². The highest BCUT2D eigenvalue weighted by Gasteiger charge is 2.17. The number of anilines is 1. The third kappa shape index (κ3) is 5.67. The third-order valence-corrected chi connectivity index (χ3v) is 5.81. The summed E-state index contributed by atoms with van der Waals surface area (Å²) in [6.07, 6.45) is -0.00554. The lowest BCUT2D eigenvalue weighted by Crippen LogP contribution is -2.21. The molecule has 162 valence electrons. The van der Waals surface area contributed by atoms with Crippen LogP contribution in [-0.4, -0.2) is 34.0 Å². The van der Waals surface area contributed by atoms with Gasteiger partial charge in [-0.3, -0.25) is 14.4 Å². The van der Waals surface area contributed by atoms with E-state index < -0.39 is 18.5 Å². The van der Waals surface area contributed by atoms with Crippen LogP contribution in [0, 0.1) is 27.7 Å². The maximum Gasteiger partial charge on any atom is 0.306 e. The normalized spacial score (nSPS) is 10.7. The Kier molecular flexibility index (Phi) is 7.02. The van der Waals surface area contributed by atoms with E-state index in [0.29, 0.717) is 16.3 Å². The number of hydrogen-bond donors (Lipinski definition) is 1. The maximum absolute atomic E-state index is 12.3. The number of nitrogens with zero attached hydrogens (tertiary/aromatic N) is 2. The van der Waals surface area contributed by atoms with Gasteiger partial charge < -0.3 is 10.1 Å². The molecule has 7 nitrogen and oxygen atoms in total. The molecule has 0 radical (unpaired) electrons. The predicted octanol–water partition coefficient (Wildman–Crippen LogP) is 4.31. The van der Waals surface area contributed by atoms with Crippen molar-refractivity contribution in [2.24, 2.45) is 0 Å². The molecule has 0 atom stereocenters. The molecule has 31 heavy (non-hydrogen) atoms. The first kappa shape index (κ1) is 22.4. The molecule has 1 N–H and O–H groups in total. The lowest BCUT2D eigenvalue weighted by Gasteiger charge is -2.08. The Hall–Kier alpha value is -3.26. The van der Waals surface area contributed by atoms with E-state index >= 15 is 0 Å². The van der Waals surface area contributed by atoms with E-state index in [9.17, 15) is 14.4 Å². The van der Waals surface area contributed by atoms with Crippen molar-refractivity contribution in [3.05, 3.63) is 63.1 Å². The van der Waals surface area contributed by atoms with Gasteiger partial charge in [0.15, 0.2) is 12.4 Å². The van der Waals surface area contributed by atoms with E-state index in [4.69, 9.17) is 4.74 Å². The van der Waals surface area contributed by atoms with E-state index in [1.165, 1.54) is 11.3 Å². The van der Waals surface area contributed by atoms with Crippen molar-refractivity contribution in [2.75, 3.05) is 11.9 Å². The molecule has 8 heteroatoms. The smallest absolute Gasteiger partial charge is 0.306 e. The van der Waals surface area contributed by atoms with Gasteiger partial charge in [-0.05, 0) is 52.0 Å². The lowest BCUT2D eigenvalue weighted by molar-refractivity contribution is -0.147. The van der Waals surface area contributed by atoms with Crippen molar-refractivity contribution in [2.45, 2.75) is 40.5 Å². The predicted molar refractivity (Wildman–Crippen MR) is 120 cm³/mol. The molecule has 0 saturated carbocycles. The van der Waals surface area contributed by atoms with Crippen molar-refractivity contribution in [3.8, 4) is 5.69 Å². The monoisotopic (exact) mass is 439 g/mol. The summed E-state index contributed by atoms with van der Waals surface area (Å²) in [5.74, 6) is -1.14. The summed E-state index contributed by atoms with van der Waals surface area (Å²) in [7, 11) is 0. The van der Waals surface area contributed by atoms with Gasteiger partial charge in [-0.2, -0.15) is 5.10 Å². The van der Waals surface area contributed by atoms with Gasteiger partial charge in [-0.25, -0.2) is 4.68 Å². The van der Waals surface area contributed by atoms with Gasteiger partial charge in [0.1, 0.15) is 0 Å². The highest BCUT2D eigenvalue weighted by atomic mass is 32.1. The Morgan fingerprint density at radius 3 is 2.35 bits per heavy atom. The molecule has 0 aliphatic carbocycles. The number of aryl methyl sites for hydroxylation is 3. The van der Waals surface area contributed by atoms with Crippen molar-refractivity contribution in [1.82, 2.24) is 9.78 Å². The largest absolute Gasteiger partial charge is 0.456 e. The van der Waals surface area contributed by atoms with Crippen LogP contribution < -0.4 is 5.32 Å². The molecule has 0 saturated heterocycles. The number of carbonyl (C=O) groups is 3. The molecule has 3 rings (SSSR count). The van der Waals surface area contributed by atoms with Crippen molar-refractivity contribution in [1.29, 1.82) is 0 Å². The topological polar surface area (TPSA) is 90.3 Å². The maximum atomic E-state index is 12.3. The number of thiophene rings is 1.